The first kappa shape index (κ1) is 19.5. The SMILES string of the molecule is O=C(Nc1ncc(Cc2ccc(Cl)cc2)s1)c1ccc2noc(-c3ccccc3)c2c1. The quantitative estimate of drug-likeness (QED) is 0.337. The van der Waals surface area contributed by atoms with Gasteiger partial charge in [-0.25, -0.2) is 4.98 Å². The first-order valence-electron chi connectivity index (χ1n) is 9.61. The van der Waals surface area contributed by atoms with Crippen molar-refractivity contribution in [3.63, 3.8) is 0 Å². The van der Waals surface area contributed by atoms with Crippen LogP contribution in [0.2, 0.25) is 5.02 Å². The first-order chi connectivity index (χ1) is 15.2. The Morgan fingerprint density at radius 3 is 2.65 bits per heavy atom. The average molecular weight is 446 g/mol. The smallest absolute Gasteiger partial charge is 0.257 e. The van der Waals surface area contributed by atoms with Crippen molar-refractivity contribution in [3.05, 3.63) is 100 Å². The standard InChI is InChI=1S/C24H16ClN3O2S/c25-18-9-6-15(7-10-18)12-19-14-26-24(31-19)27-23(29)17-8-11-21-20(13-17)22(30-28-21)16-4-2-1-3-5-16/h1-11,13-14H,12H2,(H,26,27,29). The zero-order chi connectivity index (χ0) is 21.2. The number of thiazole rings is 1. The number of nitrogens with one attached hydrogen (secondary N) is 1. The van der Waals surface area contributed by atoms with Gasteiger partial charge in [0, 0.05) is 33.6 Å². The molecule has 0 spiro atoms. The van der Waals surface area contributed by atoms with Crippen LogP contribution in [0.4, 0.5) is 5.13 Å². The number of anilines is 1. The van der Waals surface area contributed by atoms with Gasteiger partial charge in [0.05, 0.1) is 5.39 Å². The van der Waals surface area contributed by atoms with Crippen LogP contribution in [0.25, 0.3) is 22.2 Å². The summed E-state index contributed by atoms with van der Waals surface area (Å²) < 4.78 is 5.52. The number of hydrogen-bond acceptors (Lipinski definition) is 5. The number of rotatable bonds is 5. The first-order valence-corrected chi connectivity index (χ1v) is 10.8. The number of amides is 1. The van der Waals surface area contributed by atoms with Gasteiger partial charge in [-0.1, -0.05) is 59.2 Å². The van der Waals surface area contributed by atoms with Crippen molar-refractivity contribution in [1.29, 1.82) is 0 Å². The van der Waals surface area contributed by atoms with Crippen LogP contribution in [0.1, 0.15) is 20.8 Å². The lowest BCUT2D eigenvalue weighted by Crippen LogP contribution is -2.11. The molecule has 5 aromatic rings. The van der Waals surface area contributed by atoms with Crippen molar-refractivity contribution < 1.29 is 9.32 Å². The van der Waals surface area contributed by atoms with Crippen molar-refractivity contribution in [2.24, 2.45) is 0 Å². The molecule has 152 valence electrons. The lowest BCUT2D eigenvalue weighted by molar-refractivity contribution is 0.102. The van der Waals surface area contributed by atoms with Crippen molar-refractivity contribution >= 4 is 44.9 Å². The molecule has 0 radical (unpaired) electrons. The van der Waals surface area contributed by atoms with Gasteiger partial charge >= 0.3 is 0 Å². The Bertz CT molecular complexity index is 1360. The molecule has 0 fully saturated rings. The number of fused-ring (bicyclic) bond motifs is 1. The largest absolute Gasteiger partial charge is 0.355 e. The number of carbonyl (C=O) groups is 1. The molecule has 0 saturated heterocycles. The van der Waals surface area contributed by atoms with E-state index in [0.29, 0.717) is 27.0 Å². The molecule has 0 unspecified atom stereocenters. The molecule has 0 aliphatic carbocycles. The molecule has 2 heterocycles. The molecule has 0 saturated carbocycles. The zero-order valence-corrected chi connectivity index (χ0v) is 17.8. The van der Waals surface area contributed by atoms with Crippen LogP contribution in [0.3, 0.4) is 0 Å². The second kappa shape index (κ2) is 8.34. The van der Waals surface area contributed by atoms with Crippen LogP contribution in [0, 0.1) is 0 Å². The Morgan fingerprint density at radius 1 is 1.03 bits per heavy atom. The fraction of sp³-hybridized carbons (Fsp3) is 0.0417. The average Bonchev–Trinajstić information content (AvgIpc) is 3.42. The van der Waals surface area contributed by atoms with Crippen LogP contribution in [-0.2, 0) is 6.42 Å². The van der Waals surface area contributed by atoms with Gasteiger partial charge < -0.3 is 4.52 Å². The van der Waals surface area contributed by atoms with Gasteiger partial charge in [-0.15, -0.1) is 11.3 Å². The highest BCUT2D eigenvalue weighted by Crippen LogP contribution is 2.29. The minimum absolute atomic E-state index is 0.227. The van der Waals surface area contributed by atoms with Gasteiger partial charge in [-0.05, 0) is 35.9 Å². The molecule has 5 rings (SSSR count). The Kier molecular flexibility index (Phi) is 5.24. The second-order valence-electron chi connectivity index (χ2n) is 7.00. The van der Waals surface area contributed by atoms with Gasteiger partial charge in [0.1, 0.15) is 5.52 Å². The summed E-state index contributed by atoms with van der Waals surface area (Å²) in [6, 6.07) is 22.7. The van der Waals surface area contributed by atoms with Crippen molar-refractivity contribution in [3.8, 4) is 11.3 Å². The van der Waals surface area contributed by atoms with E-state index in [0.717, 1.165) is 27.8 Å². The van der Waals surface area contributed by atoms with Gasteiger partial charge in [0.15, 0.2) is 10.9 Å². The number of aromatic nitrogens is 2. The normalized spacial score (nSPS) is 11.0. The summed E-state index contributed by atoms with van der Waals surface area (Å²) in [4.78, 5) is 18.2. The van der Waals surface area contributed by atoms with E-state index in [1.165, 1.54) is 11.3 Å². The maximum atomic E-state index is 12.8. The number of carbonyl (C=O) groups excluding carboxylic acids is 1. The number of halogens is 1. The third-order valence-electron chi connectivity index (χ3n) is 4.84. The number of hydrogen-bond donors (Lipinski definition) is 1. The monoisotopic (exact) mass is 445 g/mol. The highest BCUT2D eigenvalue weighted by atomic mass is 35.5. The fourth-order valence-corrected chi connectivity index (χ4v) is 4.27. The minimum atomic E-state index is -0.227. The lowest BCUT2D eigenvalue weighted by atomic mass is 10.1. The predicted octanol–water partition coefficient (Wildman–Crippen LogP) is 6.45. The number of benzene rings is 3. The molecule has 7 heteroatoms. The van der Waals surface area contributed by atoms with Crippen molar-refractivity contribution in [1.82, 2.24) is 10.1 Å². The summed E-state index contributed by atoms with van der Waals surface area (Å²) >= 11 is 7.39. The summed E-state index contributed by atoms with van der Waals surface area (Å²) in [5.41, 5.74) is 3.27. The summed E-state index contributed by atoms with van der Waals surface area (Å²) in [5.74, 6) is 0.416. The van der Waals surface area contributed by atoms with Crippen molar-refractivity contribution in [2.45, 2.75) is 6.42 Å². The van der Waals surface area contributed by atoms with Crippen LogP contribution in [0.15, 0.2) is 83.5 Å². The van der Waals surface area contributed by atoms with E-state index < -0.39 is 0 Å². The highest BCUT2D eigenvalue weighted by molar-refractivity contribution is 7.15. The molecule has 0 aliphatic heterocycles. The molecule has 1 amide bonds. The van der Waals surface area contributed by atoms with Crippen molar-refractivity contribution in [2.75, 3.05) is 5.32 Å². The van der Waals surface area contributed by atoms with Crippen LogP contribution >= 0.6 is 22.9 Å². The zero-order valence-electron chi connectivity index (χ0n) is 16.2. The maximum absolute atomic E-state index is 12.8. The van der Waals surface area contributed by atoms with Gasteiger partial charge in [-0.3, -0.25) is 10.1 Å². The third-order valence-corrected chi connectivity index (χ3v) is 6.00. The molecule has 1 N–H and O–H groups in total. The summed E-state index contributed by atoms with van der Waals surface area (Å²) in [7, 11) is 0. The Hall–Kier alpha value is -3.48. The second-order valence-corrected chi connectivity index (χ2v) is 8.55. The van der Waals surface area contributed by atoms with E-state index in [2.05, 4.69) is 15.5 Å². The summed E-state index contributed by atoms with van der Waals surface area (Å²) in [6.07, 6.45) is 2.52. The lowest BCUT2D eigenvalue weighted by Gasteiger charge is -2.02. The molecule has 5 nitrogen and oxygen atoms in total. The van der Waals surface area contributed by atoms with E-state index in [-0.39, 0.29) is 5.91 Å². The molecule has 0 aliphatic rings. The van der Waals surface area contributed by atoms with Crippen LogP contribution in [0.5, 0.6) is 0 Å². The number of nitrogens with zero attached hydrogens (tertiary/aromatic N) is 2. The van der Waals surface area contributed by atoms with E-state index in [1.807, 2.05) is 54.6 Å². The topological polar surface area (TPSA) is 68.0 Å². The van der Waals surface area contributed by atoms with Gasteiger partial charge in [0.2, 0.25) is 0 Å². The highest BCUT2D eigenvalue weighted by Gasteiger charge is 2.15. The Labute approximate surface area is 187 Å². The molecule has 31 heavy (non-hydrogen) atoms. The summed E-state index contributed by atoms with van der Waals surface area (Å²) in [5, 5.41) is 9.05. The maximum Gasteiger partial charge on any atom is 0.257 e. The minimum Gasteiger partial charge on any atom is -0.355 e. The van der Waals surface area contributed by atoms with E-state index in [4.69, 9.17) is 16.1 Å². The molecular weight excluding hydrogens is 430 g/mol. The van der Waals surface area contributed by atoms with Gasteiger partial charge in [-0.2, -0.15) is 0 Å². The van der Waals surface area contributed by atoms with Crippen LogP contribution < -0.4 is 5.32 Å². The molecule has 2 aromatic heterocycles. The Balaban J connectivity index is 1.35. The third kappa shape index (κ3) is 4.21. The molecule has 3 aromatic carbocycles. The van der Waals surface area contributed by atoms with E-state index in [1.54, 1.807) is 24.4 Å². The molecule has 0 bridgehead atoms. The fourth-order valence-electron chi connectivity index (χ4n) is 3.30. The molecule has 0 atom stereocenters. The van der Waals surface area contributed by atoms with Crippen LogP contribution in [-0.4, -0.2) is 16.0 Å². The predicted molar refractivity (Wildman–Crippen MR) is 124 cm³/mol. The summed E-state index contributed by atoms with van der Waals surface area (Å²) in [6.45, 7) is 0. The Morgan fingerprint density at radius 2 is 1.84 bits per heavy atom. The van der Waals surface area contributed by atoms with E-state index >= 15 is 0 Å². The van der Waals surface area contributed by atoms with E-state index in [9.17, 15) is 4.79 Å². The van der Waals surface area contributed by atoms with Gasteiger partial charge in [0.25, 0.3) is 5.91 Å². The molecular formula is C24H16ClN3O2S.